The number of benzene rings is 1. The minimum Gasteiger partial charge on any atom is -0.383 e. The van der Waals surface area contributed by atoms with Gasteiger partial charge in [-0.1, -0.05) is 13.8 Å². The first kappa shape index (κ1) is 20.6. The SMILES string of the molecule is CCNC(=NCc1nc(C(C)C)cs1)NCCNc1ccc([N+](=O)[O-])cc1. The summed E-state index contributed by atoms with van der Waals surface area (Å²) in [5, 5.41) is 23.4. The van der Waals surface area contributed by atoms with Crippen LogP contribution in [0.2, 0.25) is 0 Å². The monoisotopic (exact) mass is 390 g/mol. The molecule has 1 aromatic carbocycles. The highest BCUT2D eigenvalue weighted by molar-refractivity contribution is 7.09. The van der Waals surface area contributed by atoms with Crippen molar-refractivity contribution >= 4 is 28.7 Å². The number of non-ortho nitro benzene ring substituents is 1. The van der Waals surface area contributed by atoms with Crippen LogP contribution < -0.4 is 16.0 Å². The Morgan fingerprint density at radius 2 is 2.00 bits per heavy atom. The summed E-state index contributed by atoms with van der Waals surface area (Å²) in [5.41, 5.74) is 2.03. The first-order valence-corrected chi connectivity index (χ1v) is 9.82. The van der Waals surface area contributed by atoms with Gasteiger partial charge in [-0.3, -0.25) is 10.1 Å². The molecule has 0 aliphatic carbocycles. The fourth-order valence-electron chi connectivity index (χ4n) is 2.24. The van der Waals surface area contributed by atoms with Gasteiger partial charge in [-0.25, -0.2) is 9.98 Å². The van der Waals surface area contributed by atoms with Gasteiger partial charge in [-0.15, -0.1) is 11.3 Å². The van der Waals surface area contributed by atoms with Crippen LogP contribution in [0.4, 0.5) is 11.4 Å². The Hall–Kier alpha value is -2.68. The van der Waals surface area contributed by atoms with Gasteiger partial charge < -0.3 is 16.0 Å². The van der Waals surface area contributed by atoms with Crippen molar-refractivity contribution in [1.82, 2.24) is 15.6 Å². The van der Waals surface area contributed by atoms with E-state index in [1.54, 1.807) is 23.5 Å². The molecule has 0 bridgehead atoms. The molecule has 146 valence electrons. The van der Waals surface area contributed by atoms with Gasteiger partial charge >= 0.3 is 0 Å². The van der Waals surface area contributed by atoms with E-state index in [0.29, 0.717) is 25.6 Å². The number of nitro benzene ring substituents is 1. The van der Waals surface area contributed by atoms with Gasteiger partial charge in [0.2, 0.25) is 0 Å². The number of hydrogen-bond acceptors (Lipinski definition) is 6. The predicted octanol–water partition coefficient (Wildman–Crippen LogP) is 3.34. The zero-order valence-corrected chi connectivity index (χ0v) is 16.7. The lowest BCUT2D eigenvalue weighted by Gasteiger charge is -2.12. The Morgan fingerprint density at radius 1 is 1.26 bits per heavy atom. The fraction of sp³-hybridized carbons (Fsp3) is 0.444. The summed E-state index contributed by atoms with van der Waals surface area (Å²) < 4.78 is 0. The zero-order valence-electron chi connectivity index (χ0n) is 15.9. The molecular formula is C18H26N6O2S. The van der Waals surface area contributed by atoms with Crippen LogP contribution >= 0.6 is 11.3 Å². The van der Waals surface area contributed by atoms with Gasteiger partial charge in [-0.05, 0) is 25.0 Å². The number of rotatable bonds is 9. The summed E-state index contributed by atoms with van der Waals surface area (Å²) in [6, 6.07) is 6.37. The Kier molecular flexibility index (Phi) is 8.00. The van der Waals surface area contributed by atoms with Crippen molar-refractivity contribution in [2.45, 2.75) is 33.2 Å². The summed E-state index contributed by atoms with van der Waals surface area (Å²) in [5.74, 6) is 1.17. The van der Waals surface area contributed by atoms with Gasteiger partial charge in [0.15, 0.2) is 5.96 Å². The summed E-state index contributed by atoms with van der Waals surface area (Å²) in [4.78, 5) is 19.4. The lowest BCUT2D eigenvalue weighted by atomic mass is 10.2. The van der Waals surface area contributed by atoms with E-state index in [9.17, 15) is 10.1 Å². The Labute approximate surface area is 163 Å². The number of anilines is 1. The van der Waals surface area contributed by atoms with Crippen molar-refractivity contribution in [2.75, 3.05) is 25.0 Å². The second-order valence-electron chi connectivity index (χ2n) is 6.17. The number of aliphatic imine (C=N–C) groups is 1. The molecule has 0 aliphatic heterocycles. The molecule has 8 nitrogen and oxygen atoms in total. The molecule has 0 atom stereocenters. The van der Waals surface area contributed by atoms with Crippen molar-refractivity contribution in [2.24, 2.45) is 4.99 Å². The van der Waals surface area contributed by atoms with Gasteiger partial charge in [0.25, 0.3) is 5.69 Å². The first-order chi connectivity index (χ1) is 13.0. The summed E-state index contributed by atoms with van der Waals surface area (Å²) in [6.07, 6.45) is 0. The van der Waals surface area contributed by atoms with Crippen molar-refractivity contribution in [1.29, 1.82) is 0 Å². The molecule has 0 radical (unpaired) electrons. The maximum absolute atomic E-state index is 10.7. The van der Waals surface area contributed by atoms with E-state index in [1.807, 2.05) is 6.92 Å². The zero-order chi connectivity index (χ0) is 19.6. The maximum atomic E-state index is 10.7. The molecule has 0 spiro atoms. The van der Waals surface area contributed by atoms with Crippen LogP contribution in [0.25, 0.3) is 0 Å². The van der Waals surface area contributed by atoms with Gasteiger partial charge in [0.05, 0.1) is 17.2 Å². The molecule has 1 aromatic heterocycles. The average molecular weight is 391 g/mol. The second-order valence-corrected chi connectivity index (χ2v) is 7.12. The molecule has 27 heavy (non-hydrogen) atoms. The minimum absolute atomic E-state index is 0.0862. The van der Waals surface area contributed by atoms with Crippen LogP contribution in [0.3, 0.4) is 0 Å². The number of aromatic nitrogens is 1. The number of nitrogens with zero attached hydrogens (tertiary/aromatic N) is 3. The van der Waals surface area contributed by atoms with Crippen LogP contribution in [0.1, 0.15) is 37.4 Å². The first-order valence-electron chi connectivity index (χ1n) is 8.94. The van der Waals surface area contributed by atoms with E-state index in [4.69, 9.17) is 0 Å². The topological polar surface area (TPSA) is 104 Å². The summed E-state index contributed by atoms with van der Waals surface area (Å²) >= 11 is 1.63. The highest BCUT2D eigenvalue weighted by Gasteiger charge is 2.06. The molecular weight excluding hydrogens is 364 g/mol. The van der Waals surface area contributed by atoms with Gasteiger partial charge in [0.1, 0.15) is 5.01 Å². The molecule has 3 N–H and O–H groups in total. The van der Waals surface area contributed by atoms with E-state index in [-0.39, 0.29) is 5.69 Å². The van der Waals surface area contributed by atoms with Crippen LogP contribution in [0.5, 0.6) is 0 Å². The lowest BCUT2D eigenvalue weighted by molar-refractivity contribution is -0.384. The van der Waals surface area contributed by atoms with E-state index in [1.165, 1.54) is 12.1 Å². The number of guanidine groups is 1. The van der Waals surface area contributed by atoms with Gasteiger partial charge in [-0.2, -0.15) is 0 Å². The van der Waals surface area contributed by atoms with E-state index < -0.39 is 4.92 Å². The van der Waals surface area contributed by atoms with Crippen LogP contribution in [0, 0.1) is 10.1 Å². The smallest absolute Gasteiger partial charge is 0.269 e. The number of nitrogens with one attached hydrogen (secondary N) is 3. The van der Waals surface area contributed by atoms with Crippen molar-refractivity contribution in [3.05, 3.63) is 50.5 Å². The maximum Gasteiger partial charge on any atom is 0.269 e. The van der Waals surface area contributed by atoms with E-state index in [2.05, 4.69) is 45.2 Å². The molecule has 9 heteroatoms. The van der Waals surface area contributed by atoms with E-state index in [0.717, 1.165) is 28.9 Å². The molecule has 1 heterocycles. The molecule has 0 saturated heterocycles. The molecule has 2 aromatic rings. The molecule has 0 aliphatic rings. The normalized spacial score (nSPS) is 11.5. The quantitative estimate of drug-likeness (QED) is 0.199. The largest absolute Gasteiger partial charge is 0.383 e. The Bertz CT molecular complexity index is 757. The fourth-order valence-corrected chi connectivity index (χ4v) is 3.12. The molecule has 0 saturated carbocycles. The molecule has 2 rings (SSSR count). The third-order valence-corrected chi connectivity index (χ3v) is 4.55. The van der Waals surface area contributed by atoms with Crippen molar-refractivity contribution in [3.63, 3.8) is 0 Å². The average Bonchev–Trinajstić information content (AvgIpc) is 3.13. The van der Waals surface area contributed by atoms with Crippen LogP contribution in [-0.2, 0) is 6.54 Å². The lowest BCUT2D eigenvalue weighted by Crippen LogP contribution is -2.39. The number of hydrogen-bond donors (Lipinski definition) is 3. The van der Waals surface area contributed by atoms with Crippen LogP contribution in [-0.4, -0.2) is 35.5 Å². The van der Waals surface area contributed by atoms with Crippen molar-refractivity contribution in [3.8, 4) is 0 Å². The third kappa shape index (κ3) is 6.86. The summed E-state index contributed by atoms with van der Waals surface area (Å²) in [7, 11) is 0. The molecule has 0 amide bonds. The molecule has 0 unspecified atom stereocenters. The minimum atomic E-state index is -0.406. The highest BCUT2D eigenvalue weighted by Crippen LogP contribution is 2.18. The highest BCUT2D eigenvalue weighted by atomic mass is 32.1. The summed E-state index contributed by atoms with van der Waals surface area (Å²) in [6.45, 7) is 8.93. The van der Waals surface area contributed by atoms with E-state index >= 15 is 0 Å². The number of thiazole rings is 1. The third-order valence-electron chi connectivity index (χ3n) is 3.70. The van der Waals surface area contributed by atoms with Crippen LogP contribution in [0.15, 0.2) is 34.6 Å². The Balaban J connectivity index is 1.80. The second kappa shape index (κ2) is 10.5. The standard InChI is InChI=1S/C18H26N6O2S/c1-4-19-18(22-11-17-23-16(12-27-17)13(2)3)21-10-9-20-14-5-7-15(8-6-14)24(25)26/h5-8,12-13,20H,4,9-11H2,1-3H3,(H2,19,21,22). The Morgan fingerprint density at radius 3 is 2.59 bits per heavy atom. The predicted molar refractivity (Wildman–Crippen MR) is 111 cm³/mol. The van der Waals surface area contributed by atoms with Gasteiger partial charge in [0, 0.05) is 42.8 Å². The molecule has 0 fully saturated rings. The van der Waals surface area contributed by atoms with Crippen molar-refractivity contribution < 1.29 is 4.92 Å². The number of nitro groups is 1.